The highest BCUT2D eigenvalue weighted by molar-refractivity contribution is 5.02. The first kappa shape index (κ1) is 14.3. The fourth-order valence-electron chi connectivity index (χ4n) is 3.94. The SMILES string of the molecule is CNCC1CCCCN1C1CC(C)(C)OC1(C)C. The highest BCUT2D eigenvalue weighted by atomic mass is 16.5. The van der Waals surface area contributed by atoms with E-state index in [1.807, 2.05) is 0 Å². The van der Waals surface area contributed by atoms with Gasteiger partial charge >= 0.3 is 0 Å². The van der Waals surface area contributed by atoms with Gasteiger partial charge in [0.05, 0.1) is 11.2 Å². The number of hydrogen-bond acceptors (Lipinski definition) is 3. The number of piperidine rings is 1. The summed E-state index contributed by atoms with van der Waals surface area (Å²) < 4.78 is 6.27. The van der Waals surface area contributed by atoms with Crippen LogP contribution in [0.5, 0.6) is 0 Å². The summed E-state index contributed by atoms with van der Waals surface area (Å²) in [5, 5.41) is 3.36. The third-order valence-electron chi connectivity index (χ3n) is 4.54. The predicted molar refractivity (Wildman–Crippen MR) is 75.9 cm³/mol. The number of nitrogens with zero attached hydrogens (tertiary/aromatic N) is 1. The van der Waals surface area contributed by atoms with Gasteiger partial charge in [-0.05, 0) is 60.5 Å². The van der Waals surface area contributed by atoms with Crippen molar-refractivity contribution in [3.8, 4) is 0 Å². The van der Waals surface area contributed by atoms with E-state index >= 15 is 0 Å². The Morgan fingerprint density at radius 2 is 1.94 bits per heavy atom. The van der Waals surface area contributed by atoms with Gasteiger partial charge in [0.15, 0.2) is 0 Å². The minimum absolute atomic E-state index is 0.0210. The molecule has 0 aromatic rings. The molecular weight excluding hydrogens is 224 g/mol. The minimum Gasteiger partial charge on any atom is -0.368 e. The molecule has 0 spiro atoms. The second-order valence-electron chi connectivity index (χ2n) is 7.13. The Bertz CT molecular complexity index is 286. The molecule has 0 aliphatic carbocycles. The lowest BCUT2D eigenvalue weighted by Crippen LogP contribution is -2.55. The minimum atomic E-state index is -0.0210. The maximum Gasteiger partial charge on any atom is 0.0789 e. The average molecular weight is 254 g/mol. The monoisotopic (exact) mass is 254 g/mol. The van der Waals surface area contributed by atoms with Gasteiger partial charge in [-0.3, -0.25) is 4.90 Å². The molecule has 3 nitrogen and oxygen atoms in total. The third-order valence-corrected chi connectivity index (χ3v) is 4.54. The van der Waals surface area contributed by atoms with Crippen LogP contribution in [0.1, 0.15) is 53.4 Å². The van der Waals surface area contributed by atoms with E-state index in [2.05, 4.69) is 45.0 Å². The van der Waals surface area contributed by atoms with Gasteiger partial charge in [0.25, 0.3) is 0 Å². The average Bonchev–Trinajstić information content (AvgIpc) is 2.48. The van der Waals surface area contributed by atoms with Crippen LogP contribution in [0.2, 0.25) is 0 Å². The Labute approximate surface area is 112 Å². The first-order valence-electron chi connectivity index (χ1n) is 7.46. The Kier molecular flexibility index (Phi) is 4.05. The molecule has 0 aromatic heterocycles. The van der Waals surface area contributed by atoms with E-state index in [9.17, 15) is 0 Å². The molecule has 0 amide bonds. The van der Waals surface area contributed by atoms with Gasteiger partial charge < -0.3 is 10.1 Å². The van der Waals surface area contributed by atoms with E-state index in [0.717, 1.165) is 13.0 Å². The van der Waals surface area contributed by atoms with Crippen molar-refractivity contribution in [2.24, 2.45) is 0 Å². The fraction of sp³-hybridized carbons (Fsp3) is 1.00. The van der Waals surface area contributed by atoms with Crippen molar-refractivity contribution in [3.63, 3.8) is 0 Å². The maximum absolute atomic E-state index is 6.27. The van der Waals surface area contributed by atoms with Gasteiger partial charge in [-0.15, -0.1) is 0 Å². The van der Waals surface area contributed by atoms with E-state index in [-0.39, 0.29) is 11.2 Å². The molecule has 2 rings (SSSR count). The Morgan fingerprint density at radius 3 is 2.50 bits per heavy atom. The van der Waals surface area contributed by atoms with Crippen molar-refractivity contribution in [1.82, 2.24) is 10.2 Å². The van der Waals surface area contributed by atoms with Crippen molar-refractivity contribution < 1.29 is 4.74 Å². The summed E-state index contributed by atoms with van der Waals surface area (Å²) in [5.41, 5.74) is 0.00262. The molecular formula is C15H30N2O. The van der Waals surface area contributed by atoms with Gasteiger partial charge in [-0.1, -0.05) is 6.42 Å². The van der Waals surface area contributed by atoms with E-state index in [1.165, 1.54) is 25.8 Å². The molecule has 3 heteroatoms. The summed E-state index contributed by atoms with van der Waals surface area (Å²) in [6, 6.07) is 1.25. The first-order valence-corrected chi connectivity index (χ1v) is 7.46. The summed E-state index contributed by atoms with van der Waals surface area (Å²) in [7, 11) is 2.06. The van der Waals surface area contributed by atoms with Gasteiger partial charge in [0, 0.05) is 18.6 Å². The molecule has 2 fully saturated rings. The second-order valence-corrected chi connectivity index (χ2v) is 7.13. The molecule has 1 N–H and O–H groups in total. The molecule has 0 radical (unpaired) electrons. The zero-order chi connectivity index (χ0) is 13.4. The topological polar surface area (TPSA) is 24.5 Å². The van der Waals surface area contributed by atoms with E-state index in [0.29, 0.717) is 12.1 Å². The molecule has 2 aliphatic heterocycles. The first-order chi connectivity index (χ1) is 8.36. The van der Waals surface area contributed by atoms with E-state index in [4.69, 9.17) is 4.74 Å². The van der Waals surface area contributed by atoms with Crippen LogP contribution in [0, 0.1) is 0 Å². The summed E-state index contributed by atoms with van der Waals surface area (Å²) in [4.78, 5) is 2.72. The number of ether oxygens (including phenoxy) is 1. The lowest BCUT2D eigenvalue weighted by atomic mass is 9.89. The smallest absolute Gasteiger partial charge is 0.0789 e. The highest BCUT2D eigenvalue weighted by Crippen LogP contribution is 2.41. The number of likely N-dealkylation sites (tertiary alicyclic amines) is 1. The Morgan fingerprint density at radius 1 is 1.22 bits per heavy atom. The molecule has 2 atom stereocenters. The van der Waals surface area contributed by atoms with Gasteiger partial charge in [-0.2, -0.15) is 0 Å². The molecule has 2 unspecified atom stereocenters. The number of likely N-dealkylation sites (N-methyl/N-ethyl adjacent to an activating group) is 1. The molecule has 18 heavy (non-hydrogen) atoms. The molecule has 2 saturated heterocycles. The van der Waals surface area contributed by atoms with Gasteiger partial charge in [0.2, 0.25) is 0 Å². The van der Waals surface area contributed by atoms with Crippen LogP contribution < -0.4 is 5.32 Å². The Hall–Kier alpha value is -0.120. The van der Waals surface area contributed by atoms with Crippen LogP contribution in [0.15, 0.2) is 0 Å². The fourth-order valence-corrected chi connectivity index (χ4v) is 3.94. The van der Waals surface area contributed by atoms with E-state index < -0.39 is 0 Å². The quantitative estimate of drug-likeness (QED) is 0.837. The second kappa shape index (κ2) is 5.10. The molecule has 0 bridgehead atoms. The summed E-state index contributed by atoms with van der Waals surface area (Å²) in [6.07, 6.45) is 5.20. The number of rotatable bonds is 3. The summed E-state index contributed by atoms with van der Waals surface area (Å²) in [5.74, 6) is 0. The summed E-state index contributed by atoms with van der Waals surface area (Å²) >= 11 is 0. The molecule has 0 aromatic carbocycles. The van der Waals surface area contributed by atoms with Gasteiger partial charge in [-0.25, -0.2) is 0 Å². The van der Waals surface area contributed by atoms with E-state index in [1.54, 1.807) is 0 Å². The molecule has 0 saturated carbocycles. The van der Waals surface area contributed by atoms with Crippen molar-refractivity contribution >= 4 is 0 Å². The molecule has 2 heterocycles. The highest BCUT2D eigenvalue weighted by Gasteiger charge is 2.49. The largest absolute Gasteiger partial charge is 0.368 e. The zero-order valence-electron chi connectivity index (χ0n) is 12.8. The maximum atomic E-state index is 6.27. The van der Waals surface area contributed by atoms with Crippen molar-refractivity contribution in [2.45, 2.75) is 76.7 Å². The number of hydrogen-bond donors (Lipinski definition) is 1. The molecule has 2 aliphatic rings. The van der Waals surface area contributed by atoms with Crippen LogP contribution >= 0.6 is 0 Å². The van der Waals surface area contributed by atoms with Crippen LogP contribution in [-0.2, 0) is 4.74 Å². The van der Waals surface area contributed by atoms with Gasteiger partial charge in [0.1, 0.15) is 0 Å². The van der Waals surface area contributed by atoms with Crippen LogP contribution in [-0.4, -0.2) is 48.3 Å². The standard InChI is InChI=1S/C15H30N2O/c1-14(2)10-13(15(3,4)18-14)17-9-7-6-8-12(17)11-16-5/h12-13,16H,6-11H2,1-5H3. The zero-order valence-corrected chi connectivity index (χ0v) is 12.8. The molecule has 106 valence electrons. The lowest BCUT2D eigenvalue weighted by Gasteiger charge is -2.44. The summed E-state index contributed by atoms with van der Waals surface area (Å²) in [6.45, 7) is 11.3. The lowest BCUT2D eigenvalue weighted by molar-refractivity contribution is -0.0864. The van der Waals surface area contributed by atoms with Crippen molar-refractivity contribution in [1.29, 1.82) is 0 Å². The van der Waals surface area contributed by atoms with Crippen LogP contribution in [0.3, 0.4) is 0 Å². The Balaban J connectivity index is 2.13. The normalized spacial score (nSPS) is 35.8. The number of nitrogens with one attached hydrogen (secondary N) is 1. The van der Waals surface area contributed by atoms with Crippen LogP contribution in [0.4, 0.5) is 0 Å². The van der Waals surface area contributed by atoms with Crippen LogP contribution in [0.25, 0.3) is 0 Å². The predicted octanol–water partition coefficient (Wildman–Crippen LogP) is 2.41. The van der Waals surface area contributed by atoms with Crippen molar-refractivity contribution in [3.05, 3.63) is 0 Å². The van der Waals surface area contributed by atoms with Crippen molar-refractivity contribution in [2.75, 3.05) is 20.1 Å². The third kappa shape index (κ3) is 2.89.